The minimum absolute atomic E-state index is 0.713. The lowest BCUT2D eigenvalue weighted by molar-refractivity contribution is 1.06. The number of benzene rings is 2. The third-order valence-electron chi connectivity index (χ3n) is 5.24. The van der Waals surface area contributed by atoms with E-state index >= 15 is 0 Å². The molecule has 2 aromatic carbocycles. The van der Waals surface area contributed by atoms with E-state index in [1.165, 1.54) is 11.1 Å². The van der Waals surface area contributed by atoms with E-state index in [0.29, 0.717) is 5.82 Å². The molecule has 7 nitrogen and oxygen atoms in total. The molecule has 0 fully saturated rings. The maximum atomic E-state index is 4.89. The Morgan fingerprint density at radius 1 is 0.967 bits per heavy atom. The van der Waals surface area contributed by atoms with Crippen molar-refractivity contribution in [3.05, 3.63) is 90.9 Å². The van der Waals surface area contributed by atoms with E-state index in [0.717, 1.165) is 34.8 Å². The van der Waals surface area contributed by atoms with Gasteiger partial charge in [-0.2, -0.15) is 0 Å². The normalized spacial score (nSPS) is 12.4. The van der Waals surface area contributed by atoms with Crippen molar-refractivity contribution in [1.29, 1.82) is 0 Å². The number of imidazole rings is 2. The van der Waals surface area contributed by atoms with Crippen molar-refractivity contribution in [2.75, 3.05) is 5.32 Å². The van der Waals surface area contributed by atoms with Gasteiger partial charge in [0.15, 0.2) is 11.5 Å². The number of hydrogen-bond acceptors (Lipinski definition) is 5. The number of hydrogen-bond donors (Lipinski definition) is 1. The molecule has 0 aliphatic carbocycles. The number of aromatic nitrogens is 5. The third kappa shape index (κ3) is 2.84. The molecule has 0 radical (unpaired) electrons. The van der Waals surface area contributed by atoms with E-state index in [-0.39, 0.29) is 0 Å². The lowest BCUT2D eigenvalue weighted by Crippen LogP contribution is -2.01. The molecule has 0 saturated heterocycles. The minimum atomic E-state index is 0.713. The van der Waals surface area contributed by atoms with Crippen molar-refractivity contribution in [2.45, 2.75) is 6.54 Å². The topological polar surface area (TPSA) is 72.4 Å². The fourth-order valence-electron chi connectivity index (χ4n) is 3.69. The molecule has 7 heteroatoms. The predicted octanol–water partition coefficient (Wildman–Crippen LogP) is 4.26. The quantitative estimate of drug-likeness (QED) is 0.497. The summed E-state index contributed by atoms with van der Waals surface area (Å²) < 4.78 is 3.96. The SMILES string of the molecule is C1=NCc2cc(-c3cn4ccnc4c(Nc4ccc(-n5ccnc5)cc4)n3)ccc21. The van der Waals surface area contributed by atoms with Crippen molar-refractivity contribution < 1.29 is 0 Å². The summed E-state index contributed by atoms with van der Waals surface area (Å²) in [6, 6.07) is 14.5. The van der Waals surface area contributed by atoms with Crippen molar-refractivity contribution in [3.8, 4) is 16.9 Å². The second-order valence-corrected chi connectivity index (χ2v) is 7.16. The van der Waals surface area contributed by atoms with E-state index in [9.17, 15) is 0 Å². The Balaban J connectivity index is 1.37. The molecular weight excluding hydrogens is 374 g/mol. The molecule has 4 heterocycles. The largest absolute Gasteiger partial charge is 0.337 e. The number of rotatable bonds is 4. The smallest absolute Gasteiger partial charge is 0.180 e. The molecule has 6 rings (SSSR count). The van der Waals surface area contributed by atoms with Crippen LogP contribution in [0, 0.1) is 0 Å². The van der Waals surface area contributed by atoms with Crippen LogP contribution in [0.1, 0.15) is 11.1 Å². The lowest BCUT2D eigenvalue weighted by atomic mass is 10.0. The maximum absolute atomic E-state index is 4.89. The van der Waals surface area contributed by atoms with Crippen LogP contribution in [0.3, 0.4) is 0 Å². The highest BCUT2D eigenvalue weighted by atomic mass is 15.1. The summed E-state index contributed by atoms with van der Waals surface area (Å²) >= 11 is 0. The zero-order valence-corrected chi connectivity index (χ0v) is 16.0. The van der Waals surface area contributed by atoms with Crippen LogP contribution >= 0.6 is 0 Å². The number of fused-ring (bicyclic) bond motifs is 2. The Kier molecular flexibility index (Phi) is 3.70. The number of nitrogens with one attached hydrogen (secondary N) is 1. The highest BCUT2D eigenvalue weighted by Gasteiger charge is 2.12. The van der Waals surface area contributed by atoms with Crippen LogP contribution in [-0.2, 0) is 6.54 Å². The molecule has 0 unspecified atom stereocenters. The molecule has 5 aromatic rings. The van der Waals surface area contributed by atoms with Crippen LogP contribution in [0.5, 0.6) is 0 Å². The molecule has 1 aliphatic heterocycles. The highest BCUT2D eigenvalue weighted by molar-refractivity contribution is 5.86. The first-order valence-electron chi connectivity index (χ1n) is 9.66. The van der Waals surface area contributed by atoms with Gasteiger partial charge in [0.05, 0.1) is 18.6 Å². The average molecular weight is 391 g/mol. The van der Waals surface area contributed by atoms with E-state index in [1.54, 1.807) is 18.7 Å². The van der Waals surface area contributed by atoms with E-state index in [4.69, 9.17) is 4.98 Å². The summed E-state index contributed by atoms with van der Waals surface area (Å²) in [7, 11) is 0. The van der Waals surface area contributed by atoms with Crippen LogP contribution in [-0.4, -0.2) is 30.1 Å². The molecular formula is C23H17N7. The summed E-state index contributed by atoms with van der Waals surface area (Å²) in [4.78, 5) is 17.8. The Bertz CT molecular complexity index is 1380. The summed E-state index contributed by atoms with van der Waals surface area (Å²) in [5, 5.41) is 3.42. The van der Waals surface area contributed by atoms with Crippen LogP contribution in [0.15, 0.2) is 84.8 Å². The predicted molar refractivity (Wildman–Crippen MR) is 117 cm³/mol. The molecule has 30 heavy (non-hydrogen) atoms. The second-order valence-electron chi connectivity index (χ2n) is 7.16. The Morgan fingerprint density at radius 2 is 1.90 bits per heavy atom. The van der Waals surface area contributed by atoms with Gasteiger partial charge in [0.2, 0.25) is 0 Å². The standard InChI is InChI=1S/C23H17N7/c1-2-17-12-25-13-18(17)11-16(1)21-14-29-10-8-26-23(29)22(28-21)27-19-3-5-20(6-4-19)30-9-7-24-15-30/h1-12,14-15H,13H2,(H,27,28). The number of anilines is 2. The van der Waals surface area contributed by atoms with E-state index in [2.05, 4.69) is 38.5 Å². The van der Waals surface area contributed by atoms with Crippen LogP contribution < -0.4 is 5.32 Å². The van der Waals surface area contributed by atoms with Gasteiger partial charge in [0, 0.05) is 54.1 Å². The summed E-state index contributed by atoms with van der Waals surface area (Å²) in [6.45, 7) is 0.727. The molecule has 1 aliphatic rings. The zero-order valence-electron chi connectivity index (χ0n) is 16.0. The highest BCUT2D eigenvalue weighted by Crippen LogP contribution is 2.27. The Hall–Kier alpha value is -4.26. The molecule has 0 bridgehead atoms. The molecule has 1 N–H and O–H groups in total. The molecule has 0 atom stereocenters. The molecule has 0 saturated carbocycles. The molecule has 0 spiro atoms. The van der Waals surface area contributed by atoms with Gasteiger partial charge in [-0.05, 0) is 41.5 Å². The van der Waals surface area contributed by atoms with Gasteiger partial charge in [-0.3, -0.25) is 4.99 Å². The minimum Gasteiger partial charge on any atom is -0.337 e. The van der Waals surface area contributed by atoms with Crippen molar-refractivity contribution in [3.63, 3.8) is 0 Å². The number of aliphatic imine (C=N–C) groups is 1. The van der Waals surface area contributed by atoms with Gasteiger partial charge in [-0.1, -0.05) is 12.1 Å². The van der Waals surface area contributed by atoms with Crippen molar-refractivity contribution in [2.24, 2.45) is 4.99 Å². The van der Waals surface area contributed by atoms with Gasteiger partial charge in [0.25, 0.3) is 0 Å². The second kappa shape index (κ2) is 6.66. The molecule has 3 aromatic heterocycles. The average Bonchev–Trinajstić information content (AvgIpc) is 3.54. The van der Waals surface area contributed by atoms with Crippen LogP contribution in [0.2, 0.25) is 0 Å². The van der Waals surface area contributed by atoms with E-state index in [1.807, 2.05) is 58.0 Å². The Morgan fingerprint density at radius 3 is 2.77 bits per heavy atom. The summed E-state index contributed by atoms with van der Waals surface area (Å²) in [5.74, 6) is 0.713. The first kappa shape index (κ1) is 16.7. The van der Waals surface area contributed by atoms with Gasteiger partial charge >= 0.3 is 0 Å². The fourth-order valence-corrected chi connectivity index (χ4v) is 3.69. The summed E-state index contributed by atoms with van der Waals surface area (Å²) in [5.41, 5.74) is 7.12. The lowest BCUT2D eigenvalue weighted by Gasteiger charge is -2.11. The molecule has 0 amide bonds. The molecule has 144 valence electrons. The first-order valence-corrected chi connectivity index (χ1v) is 9.66. The third-order valence-corrected chi connectivity index (χ3v) is 5.24. The Labute approximate surface area is 172 Å². The van der Waals surface area contributed by atoms with Gasteiger partial charge < -0.3 is 14.3 Å². The van der Waals surface area contributed by atoms with Crippen molar-refractivity contribution >= 4 is 23.4 Å². The zero-order chi connectivity index (χ0) is 19.9. The van der Waals surface area contributed by atoms with Gasteiger partial charge in [-0.25, -0.2) is 15.0 Å². The van der Waals surface area contributed by atoms with Gasteiger partial charge in [-0.15, -0.1) is 0 Å². The summed E-state index contributed by atoms with van der Waals surface area (Å²) in [6.07, 6.45) is 13.1. The van der Waals surface area contributed by atoms with Crippen molar-refractivity contribution in [1.82, 2.24) is 23.9 Å². The number of nitrogens with zero attached hydrogens (tertiary/aromatic N) is 6. The van der Waals surface area contributed by atoms with Crippen LogP contribution in [0.4, 0.5) is 11.5 Å². The van der Waals surface area contributed by atoms with Crippen LogP contribution in [0.25, 0.3) is 22.6 Å². The maximum Gasteiger partial charge on any atom is 0.180 e. The van der Waals surface area contributed by atoms with E-state index < -0.39 is 0 Å². The monoisotopic (exact) mass is 391 g/mol. The first-order chi connectivity index (χ1) is 14.8. The fraction of sp³-hybridized carbons (Fsp3) is 0.0435. The van der Waals surface area contributed by atoms with Gasteiger partial charge in [0.1, 0.15) is 0 Å².